The predicted molar refractivity (Wildman–Crippen MR) is 110 cm³/mol. The number of nitrogens with one attached hydrogen (secondary N) is 1. The zero-order valence-corrected chi connectivity index (χ0v) is 17.6. The first kappa shape index (κ1) is 19.8. The largest absolute Gasteiger partial charge is 0.333 e. The molecule has 0 saturated carbocycles. The molecular formula is C21H31N7O. The van der Waals surface area contributed by atoms with Crippen molar-refractivity contribution in [3.8, 4) is 0 Å². The van der Waals surface area contributed by atoms with Crippen molar-refractivity contribution in [3.05, 3.63) is 41.7 Å². The number of pyridine rings is 1. The Labute approximate surface area is 172 Å². The zero-order valence-electron chi connectivity index (χ0n) is 17.6. The number of urea groups is 1. The van der Waals surface area contributed by atoms with Gasteiger partial charge in [0.25, 0.3) is 0 Å². The van der Waals surface area contributed by atoms with E-state index in [0.717, 1.165) is 50.7 Å². The van der Waals surface area contributed by atoms with Gasteiger partial charge in [0.2, 0.25) is 0 Å². The van der Waals surface area contributed by atoms with Crippen molar-refractivity contribution in [2.75, 3.05) is 19.6 Å². The molecule has 2 aliphatic heterocycles. The number of hydrogen-bond donors (Lipinski definition) is 1. The number of rotatable bonds is 3. The Balaban J connectivity index is 1.41. The Bertz CT molecular complexity index is 842. The van der Waals surface area contributed by atoms with Crippen molar-refractivity contribution in [1.29, 1.82) is 0 Å². The van der Waals surface area contributed by atoms with E-state index in [1.54, 1.807) is 0 Å². The summed E-state index contributed by atoms with van der Waals surface area (Å²) in [7, 11) is 0. The molecule has 2 aromatic heterocycles. The maximum absolute atomic E-state index is 12.5. The standard InChI is InChI=1S/C21H31N7O/c1-21(2,3)23-20(29)27-11-12-28-18(15-27)24-25-19(28)17-5-4-10-26(14-17)13-16-6-8-22-9-7-16/h6-9,17H,4-5,10-15H2,1-3H3,(H,23,29). The van der Waals surface area contributed by atoms with Crippen LogP contribution in [-0.4, -0.2) is 60.8 Å². The Morgan fingerprint density at radius 1 is 1.17 bits per heavy atom. The summed E-state index contributed by atoms with van der Waals surface area (Å²) in [6.45, 7) is 11.0. The third-order valence-electron chi connectivity index (χ3n) is 5.58. The highest BCUT2D eigenvalue weighted by Gasteiger charge is 2.31. The molecule has 0 bridgehead atoms. The minimum Gasteiger partial charge on any atom is -0.333 e. The second-order valence-electron chi connectivity index (χ2n) is 9.16. The van der Waals surface area contributed by atoms with Crippen LogP contribution in [0.3, 0.4) is 0 Å². The second-order valence-corrected chi connectivity index (χ2v) is 9.16. The molecule has 2 amide bonds. The first-order valence-corrected chi connectivity index (χ1v) is 10.5. The van der Waals surface area contributed by atoms with Gasteiger partial charge in [-0.1, -0.05) is 0 Å². The maximum Gasteiger partial charge on any atom is 0.318 e. The van der Waals surface area contributed by atoms with Crippen LogP contribution in [0.2, 0.25) is 0 Å². The average molecular weight is 398 g/mol. The van der Waals surface area contributed by atoms with Crippen LogP contribution in [0.15, 0.2) is 24.5 Å². The minimum atomic E-state index is -0.242. The molecule has 0 aromatic carbocycles. The summed E-state index contributed by atoms with van der Waals surface area (Å²) >= 11 is 0. The van der Waals surface area contributed by atoms with Crippen LogP contribution in [-0.2, 0) is 19.6 Å². The molecule has 1 fully saturated rings. The van der Waals surface area contributed by atoms with Gasteiger partial charge in [0, 0.05) is 50.0 Å². The molecule has 1 N–H and O–H groups in total. The highest BCUT2D eigenvalue weighted by Crippen LogP contribution is 2.28. The van der Waals surface area contributed by atoms with Gasteiger partial charge in [-0.3, -0.25) is 9.88 Å². The maximum atomic E-state index is 12.5. The van der Waals surface area contributed by atoms with Crippen LogP contribution in [0.5, 0.6) is 0 Å². The molecule has 4 rings (SSSR count). The van der Waals surface area contributed by atoms with Crippen LogP contribution in [0, 0.1) is 0 Å². The number of amides is 2. The number of piperidine rings is 1. The van der Waals surface area contributed by atoms with Crippen LogP contribution < -0.4 is 5.32 Å². The van der Waals surface area contributed by atoms with E-state index < -0.39 is 0 Å². The Hall–Kier alpha value is -2.48. The van der Waals surface area contributed by atoms with E-state index in [2.05, 4.69) is 42.1 Å². The molecule has 4 heterocycles. The van der Waals surface area contributed by atoms with E-state index in [-0.39, 0.29) is 11.6 Å². The number of aromatic nitrogens is 4. The summed E-state index contributed by atoms with van der Waals surface area (Å²) in [4.78, 5) is 20.9. The van der Waals surface area contributed by atoms with E-state index in [1.807, 2.05) is 38.1 Å². The predicted octanol–water partition coefficient (Wildman–Crippen LogP) is 2.38. The Morgan fingerprint density at radius 3 is 2.72 bits per heavy atom. The van der Waals surface area contributed by atoms with E-state index in [4.69, 9.17) is 0 Å². The topological polar surface area (TPSA) is 79.2 Å². The summed E-state index contributed by atoms with van der Waals surface area (Å²) in [6, 6.07) is 4.13. The SMILES string of the molecule is CC(C)(C)NC(=O)N1CCn2c(nnc2C2CCCN(Cc3ccncc3)C2)C1. The van der Waals surface area contributed by atoms with Gasteiger partial charge in [0.05, 0.1) is 6.54 Å². The van der Waals surface area contributed by atoms with Gasteiger partial charge in [-0.15, -0.1) is 10.2 Å². The lowest BCUT2D eigenvalue weighted by Crippen LogP contribution is -2.50. The van der Waals surface area contributed by atoms with Crippen LogP contribution in [0.1, 0.15) is 56.7 Å². The van der Waals surface area contributed by atoms with Gasteiger partial charge < -0.3 is 14.8 Å². The van der Waals surface area contributed by atoms with Crippen molar-refractivity contribution in [1.82, 2.24) is 34.9 Å². The van der Waals surface area contributed by atoms with Crippen molar-refractivity contribution in [2.24, 2.45) is 0 Å². The van der Waals surface area contributed by atoms with Gasteiger partial charge in [-0.2, -0.15) is 0 Å². The summed E-state index contributed by atoms with van der Waals surface area (Å²) in [6.07, 6.45) is 6.01. The van der Waals surface area contributed by atoms with Crippen LogP contribution in [0.4, 0.5) is 4.79 Å². The van der Waals surface area contributed by atoms with Crippen molar-refractivity contribution in [3.63, 3.8) is 0 Å². The number of hydrogen-bond acceptors (Lipinski definition) is 5. The van der Waals surface area contributed by atoms with E-state index in [1.165, 1.54) is 5.56 Å². The third kappa shape index (κ3) is 4.75. The number of carbonyl (C=O) groups is 1. The highest BCUT2D eigenvalue weighted by molar-refractivity contribution is 5.75. The fraction of sp³-hybridized carbons (Fsp3) is 0.619. The van der Waals surface area contributed by atoms with E-state index in [9.17, 15) is 4.79 Å². The Morgan fingerprint density at radius 2 is 1.97 bits per heavy atom. The molecule has 1 unspecified atom stereocenters. The van der Waals surface area contributed by atoms with E-state index in [0.29, 0.717) is 19.0 Å². The first-order chi connectivity index (χ1) is 13.9. The molecule has 2 aromatic rings. The molecule has 0 radical (unpaired) electrons. The molecule has 0 aliphatic carbocycles. The van der Waals surface area contributed by atoms with Gasteiger partial charge in [0.1, 0.15) is 5.82 Å². The minimum absolute atomic E-state index is 0.0329. The lowest BCUT2D eigenvalue weighted by molar-refractivity contribution is 0.170. The molecule has 8 heteroatoms. The average Bonchev–Trinajstić information content (AvgIpc) is 3.11. The summed E-state index contributed by atoms with van der Waals surface area (Å²) in [5.41, 5.74) is 1.05. The molecule has 8 nitrogen and oxygen atoms in total. The van der Waals surface area contributed by atoms with Crippen molar-refractivity contribution >= 4 is 6.03 Å². The van der Waals surface area contributed by atoms with E-state index >= 15 is 0 Å². The molecular weight excluding hydrogens is 366 g/mol. The van der Waals surface area contributed by atoms with Gasteiger partial charge in [-0.25, -0.2) is 4.79 Å². The number of likely N-dealkylation sites (tertiary alicyclic amines) is 1. The fourth-order valence-electron chi connectivity index (χ4n) is 4.21. The molecule has 29 heavy (non-hydrogen) atoms. The Kier molecular flexibility index (Phi) is 5.54. The lowest BCUT2D eigenvalue weighted by atomic mass is 9.96. The number of fused-ring (bicyclic) bond motifs is 1. The molecule has 1 saturated heterocycles. The quantitative estimate of drug-likeness (QED) is 0.860. The van der Waals surface area contributed by atoms with Gasteiger partial charge >= 0.3 is 6.03 Å². The van der Waals surface area contributed by atoms with Crippen molar-refractivity contribution < 1.29 is 4.79 Å². The van der Waals surface area contributed by atoms with Crippen LogP contribution >= 0.6 is 0 Å². The highest BCUT2D eigenvalue weighted by atomic mass is 16.2. The van der Waals surface area contributed by atoms with Crippen LogP contribution in [0.25, 0.3) is 0 Å². The van der Waals surface area contributed by atoms with Gasteiger partial charge in [-0.05, 0) is 57.9 Å². The lowest BCUT2D eigenvalue weighted by Gasteiger charge is -2.34. The summed E-state index contributed by atoms with van der Waals surface area (Å²) in [5.74, 6) is 2.36. The fourth-order valence-corrected chi connectivity index (χ4v) is 4.21. The van der Waals surface area contributed by atoms with Crippen molar-refractivity contribution in [2.45, 2.75) is 64.7 Å². The second kappa shape index (κ2) is 8.10. The normalized spacial score (nSPS) is 20.4. The number of carbonyl (C=O) groups excluding carboxylic acids is 1. The first-order valence-electron chi connectivity index (χ1n) is 10.5. The number of nitrogens with zero attached hydrogens (tertiary/aromatic N) is 6. The monoisotopic (exact) mass is 397 g/mol. The molecule has 2 aliphatic rings. The zero-order chi connectivity index (χ0) is 20.4. The third-order valence-corrected chi connectivity index (χ3v) is 5.58. The molecule has 1 atom stereocenters. The van der Waals surface area contributed by atoms with Gasteiger partial charge in [0.15, 0.2) is 5.82 Å². The summed E-state index contributed by atoms with van der Waals surface area (Å²) in [5, 5.41) is 12.0. The molecule has 156 valence electrons. The smallest absolute Gasteiger partial charge is 0.318 e. The molecule has 0 spiro atoms. The summed E-state index contributed by atoms with van der Waals surface area (Å²) < 4.78 is 2.24.